The zero-order chi connectivity index (χ0) is 26.0. The number of hydrogen-bond donors (Lipinski definition) is 1. The molecule has 6 nitrogen and oxygen atoms in total. The molecular weight excluding hydrogens is 485 g/mol. The number of aromatic nitrogens is 1. The van der Waals surface area contributed by atoms with Gasteiger partial charge in [-0.15, -0.1) is 0 Å². The van der Waals surface area contributed by atoms with Gasteiger partial charge in [-0.2, -0.15) is 18.2 Å². The molecule has 0 radical (unpaired) electrons. The average molecular weight is 507 g/mol. The summed E-state index contributed by atoms with van der Waals surface area (Å²) in [5, 5.41) is 4.62. The monoisotopic (exact) mass is 507 g/mol. The summed E-state index contributed by atoms with van der Waals surface area (Å²) in [6.45, 7) is 1.96. The zero-order valence-electron chi connectivity index (χ0n) is 19.1. The molecule has 4 rings (SSSR count). The summed E-state index contributed by atoms with van der Waals surface area (Å²) >= 11 is 0. The molecule has 0 spiro atoms. The summed E-state index contributed by atoms with van der Waals surface area (Å²) in [5.74, 6) is -5.38. The molecular formula is C25H22F5N3O3. The smallest absolute Gasteiger partial charge is 0.367 e. The Hall–Kier alpha value is -3.76. The number of nitrogens with zero attached hydrogens (tertiary/aromatic N) is 2. The van der Waals surface area contributed by atoms with Crippen molar-refractivity contribution >= 4 is 28.6 Å². The third-order valence-corrected chi connectivity index (χ3v) is 6.03. The quantitative estimate of drug-likeness (QED) is 0.362. The van der Waals surface area contributed by atoms with E-state index in [0.29, 0.717) is 41.9 Å². The summed E-state index contributed by atoms with van der Waals surface area (Å²) in [5.41, 5.74) is 1.26. The van der Waals surface area contributed by atoms with Crippen molar-refractivity contribution < 1.29 is 36.4 Å². The van der Waals surface area contributed by atoms with Crippen LogP contribution in [-0.4, -0.2) is 40.2 Å². The molecule has 2 aromatic carbocycles. The van der Waals surface area contributed by atoms with Crippen LogP contribution in [0.25, 0.3) is 10.9 Å². The molecule has 0 unspecified atom stereocenters. The number of carbonyl (C=O) groups is 2. The summed E-state index contributed by atoms with van der Waals surface area (Å²) < 4.78 is 65.8. The van der Waals surface area contributed by atoms with Gasteiger partial charge in [0.25, 0.3) is 5.91 Å². The van der Waals surface area contributed by atoms with Crippen LogP contribution < -0.4 is 5.32 Å². The third-order valence-electron chi connectivity index (χ3n) is 6.03. The number of hydroxylamine groups is 2. The van der Waals surface area contributed by atoms with Crippen molar-refractivity contribution in [2.45, 2.75) is 50.9 Å². The van der Waals surface area contributed by atoms with Crippen LogP contribution in [0.3, 0.4) is 0 Å². The number of carbonyl (C=O) groups excluding carboxylic acids is 2. The van der Waals surface area contributed by atoms with E-state index in [9.17, 15) is 31.5 Å². The molecule has 1 fully saturated rings. The number of fused-ring (bicyclic) bond motifs is 1. The molecule has 190 valence electrons. The van der Waals surface area contributed by atoms with Gasteiger partial charge < -0.3 is 10.2 Å². The molecule has 1 amide bonds. The number of para-hydroxylation sites is 1. The lowest BCUT2D eigenvalue weighted by Crippen LogP contribution is -2.47. The van der Waals surface area contributed by atoms with E-state index in [1.807, 2.05) is 37.3 Å². The summed E-state index contributed by atoms with van der Waals surface area (Å²) in [6.07, 6.45) is -4.16. The highest BCUT2D eigenvalue weighted by Crippen LogP contribution is 2.29. The van der Waals surface area contributed by atoms with Gasteiger partial charge in [0.1, 0.15) is 17.5 Å². The van der Waals surface area contributed by atoms with Crippen molar-refractivity contribution in [2.24, 2.45) is 0 Å². The number of alkyl halides is 3. The van der Waals surface area contributed by atoms with Crippen LogP contribution in [0.15, 0.2) is 48.5 Å². The lowest BCUT2D eigenvalue weighted by Gasteiger charge is -2.35. The fraction of sp³-hybridized carbons (Fsp3) is 0.320. The Morgan fingerprint density at radius 2 is 1.64 bits per heavy atom. The van der Waals surface area contributed by atoms with E-state index in [1.54, 1.807) is 0 Å². The first-order chi connectivity index (χ1) is 17.0. The maximum Gasteiger partial charge on any atom is 0.493 e. The minimum Gasteiger partial charge on any atom is -0.367 e. The zero-order valence-corrected chi connectivity index (χ0v) is 19.1. The number of hydrogen-bond acceptors (Lipinski definition) is 5. The third kappa shape index (κ3) is 5.72. The number of halogens is 5. The van der Waals surface area contributed by atoms with Crippen molar-refractivity contribution in [3.05, 3.63) is 71.3 Å². The van der Waals surface area contributed by atoms with Gasteiger partial charge in [0.15, 0.2) is 0 Å². The summed E-state index contributed by atoms with van der Waals surface area (Å²) in [4.78, 5) is 33.4. The molecule has 1 aliphatic rings. The van der Waals surface area contributed by atoms with Crippen molar-refractivity contribution in [1.82, 2.24) is 10.0 Å². The number of amides is 1. The van der Waals surface area contributed by atoms with E-state index in [0.717, 1.165) is 16.5 Å². The number of pyridine rings is 1. The van der Waals surface area contributed by atoms with E-state index in [-0.39, 0.29) is 18.9 Å². The van der Waals surface area contributed by atoms with Gasteiger partial charge in [0.2, 0.25) is 0 Å². The second kappa shape index (κ2) is 10.1. The van der Waals surface area contributed by atoms with Gasteiger partial charge in [-0.25, -0.2) is 18.6 Å². The highest BCUT2D eigenvalue weighted by Gasteiger charge is 2.45. The normalized spacial score (nSPS) is 18.1. The van der Waals surface area contributed by atoms with E-state index in [1.165, 1.54) is 0 Å². The lowest BCUT2D eigenvalue weighted by molar-refractivity contribution is -0.235. The van der Waals surface area contributed by atoms with Crippen molar-refractivity contribution in [2.75, 3.05) is 5.32 Å². The SMILES string of the molecule is Cc1cc(NC2CCC(N(OC(=O)C(F)(F)F)C(=O)c3cc(F)cc(F)c3)CC2)nc2ccccc12. The fourth-order valence-electron chi connectivity index (χ4n) is 4.31. The first kappa shape index (κ1) is 25.3. The number of aryl methyl sites for hydroxylation is 1. The first-order valence-electron chi connectivity index (χ1n) is 11.2. The Morgan fingerprint density at radius 1 is 1.00 bits per heavy atom. The molecule has 3 aromatic rings. The molecule has 1 saturated carbocycles. The minimum atomic E-state index is -5.36. The second-order valence-electron chi connectivity index (χ2n) is 8.66. The lowest BCUT2D eigenvalue weighted by atomic mass is 9.90. The van der Waals surface area contributed by atoms with E-state index < -0.39 is 41.3 Å². The topological polar surface area (TPSA) is 71.5 Å². The highest BCUT2D eigenvalue weighted by atomic mass is 19.4. The van der Waals surface area contributed by atoms with Crippen molar-refractivity contribution in [3.8, 4) is 0 Å². The summed E-state index contributed by atoms with van der Waals surface area (Å²) in [7, 11) is 0. The molecule has 1 aromatic heterocycles. The standard InChI is InChI=1S/C25H22F5N3O3/c1-14-10-22(32-21-5-3-2-4-20(14)21)31-18-6-8-19(9-7-18)33(36-24(35)25(28,29)30)23(34)15-11-16(26)13-17(27)12-15/h2-5,10-13,18-19H,6-9H2,1H3,(H,31,32). The Bertz CT molecular complexity index is 1270. The molecule has 36 heavy (non-hydrogen) atoms. The second-order valence-corrected chi connectivity index (χ2v) is 8.66. The molecule has 1 N–H and O–H groups in total. The van der Waals surface area contributed by atoms with E-state index >= 15 is 0 Å². The Kier molecular flexibility index (Phi) is 7.09. The van der Waals surface area contributed by atoms with Crippen LogP contribution in [0.1, 0.15) is 41.6 Å². The van der Waals surface area contributed by atoms with Crippen LogP contribution in [0.2, 0.25) is 0 Å². The maximum absolute atomic E-state index is 13.6. The molecule has 1 heterocycles. The van der Waals surface area contributed by atoms with Gasteiger partial charge in [-0.3, -0.25) is 4.79 Å². The van der Waals surface area contributed by atoms with Crippen LogP contribution in [0.5, 0.6) is 0 Å². The largest absolute Gasteiger partial charge is 0.493 e. The van der Waals surface area contributed by atoms with Gasteiger partial charge >= 0.3 is 12.1 Å². The van der Waals surface area contributed by atoms with Crippen LogP contribution in [0.4, 0.5) is 27.8 Å². The van der Waals surface area contributed by atoms with Crippen molar-refractivity contribution in [3.63, 3.8) is 0 Å². The molecule has 0 atom stereocenters. The van der Waals surface area contributed by atoms with Crippen LogP contribution in [-0.2, 0) is 9.63 Å². The van der Waals surface area contributed by atoms with E-state index in [2.05, 4.69) is 15.1 Å². The highest BCUT2D eigenvalue weighted by molar-refractivity contribution is 5.94. The van der Waals surface area contributed by atoms with Crippen LogP contribution in [0, 0.1) is 18.6 Å². The average Bonchev–Trinajstić information content (AvgIpc) is 2.81. The van der Waals surface area contributed by atoms with Crippen molar-refractivity contribution in [1.29, 1.82) is 0 Å². The number of anilines is 1. The number of rotatable bonds is 4. The molecule has 0 saturated heterocycles. The predicted molar refractivity (Wildman–Crippen MR) is 121 cm³/mol. The Morgan fingerprint density at radius 3 is 2.28 bits per heavy atom. The van der Waals surface area contributed by atoms with Crippen LogP contribution >= 0.6 is 0 Å². The van der Waals surface area contributed by atoms with Gasteiger partial charge in [-0.1, -0.05) is 18.2 Å². The maximum atomic E-state index is 13.6. The van der Waals surface area contributed by atoms with E-state index in [4.69, 9.17) is 0 Å². The number of nitrogens with one attached hydrogen (secondary N) is 1. The van der Waals surface area contributed by atoms with Gasteiger partial charge in [-0.05, 0) is 62.4 Å². The summed E-state index contributed by atoms with van der Waals surface area (Å²) in [6, 6.07) is 10.4. The van der Waals surface area contributed by atoms with Gasteiger partial charge in [0, 0.05) is 23.1 Å². The number of benzene rings is 2. The minimum absolute atomic E-state index is 0.101. The predicted octanol–water partition coefficient (Wildman–Crippen LogP) is 5.71. The Balaban J connectivity index is 1.49. The van der Waals surface area contributed by atoms with Gasteiger partial charge in [0.05, 0.1) is 11.6 Å². The molecule has 1 aliphatic carbocycles. The fourth-order valence-corrected chi connectivity index (χ4v) is 4.31. The molecule has 0 aliphatic heterocycles. The Labute approximate surface area is 203 Å². The molecule has 0 bridgehead atoms. The first-order valence-corrected chi connectivity index (χ1v) is 11.2. The molecule has 11 heteroatoms.